The molecule has 0 saturated heterocycles. The maximum absolute atomic E-state index is 11.7. The van der Waals surface area contributed by atoms with Gasteiger partial charge in [-0.1, -0.05) is 25.1 Å². The van der Waals surface area contributed by atoms with E-state index >= 15 is 0 Å². The molecule has 0 aliphatic rings. The highest BCUT2D eigenvalue weighted by Crippen LogP contribution is 2.34. The van der Waals surface area contributed by atoms with Crippen molar-refractivity contribution >= 4 is 39.2 Å². The molecule has 20 heavy (non-hydrogen) atoms. The molecule has 0 saturated carbocycles. The number of hydrogen-bond acceptors (Lipinski definition) is 5. The smallest absolute Gasteiger partial charge is 0.230 e. The van der Waals surface area contributed by atoms with Crippen LogP contribution in [0.2, 0.25) is 0 Å². The minimum Gasteiger partial charge on any atom is -0.355 e. The molecule has 2 rings (SSSR count). The minimum atomic E-state index is 0.0693. The van der Waals surface area contributed by atoms with Crippen LogP contribution in [0.25, 0.3) is 10.2 Å². The quantitative estimate of drug-likeness (QED) is 0.505. The number of aryl methyl sites for hydroxylation is 2. The van der Waals surface area contributed by atoms with Gasteiger partial charge in [-0.05, 0) is 25.8 Å². The predicted octanol–water partition coefficient (Wildman–Crippen LogP) is 3.32. The number of nitrogens with zero attached hydrogens (tertiary/aromatic N) is 2. The fourth-order valence-electron chi connectivity index (χ4n) is 1.85. The topological polar surface area (TPSA) is 54.9 Å². The lowest BCUT2D eigenvalue weighted by Gasteiger charge is -2.05. The van der Waals surface area contributed by atoms with Crippen molar-refractivity contribution in [3.05, 3.63) is 16.8 Å². The van der Waals surface area contributed by atoms with Crippen molar-refractivity contribution in [2.24, 2.45) is 0 Å². The van der Waals surface area contributed by atoms with Gasteiger partial charge >= 0.3 is 0 Å². The molecule has 0 aliphatic heterocycles. The Morgan fingerprint density at radius 1 is 1.40 bits per heavy atom. The number of aromatic nitrogens is 2. The van der Waals surface area contributed by atoms with Gasteiger partial charge in [0.1, 0.15) is 16.2 Å². The highest BCUT2D eigenvalue weighted by molar-refractivity contribution is 8.00. The monoisotopic (exact) mass is 309 g/mol. The Hall–Kier alpha value is -1.14. The van der Waals surface area contributed by atoms with Crippen LogP contribution in [0.4, 0.5) is 0 Å². The summed E-state index contributed by atoms with van der Waals surface area (Å²) in [5, 5.41) is 4.92. The molecule has 0 aliphatic carbocycles. The van der Waals surface area contributed by atoms with Crippen LogP contribution in [0, 0.1) is 13.8 Å². The molecule has 0 radical (unpaired) electrons. The normalized spacial score (nSPS) is 10.9. The lowest BCUT2D eigenvalue weighted by atomic mass is 10.2. The van der Waals surface area contributed by atoms with Crippen molar-refractivity contribution in [3.8, 4) is 0 Å². The summed E-state index contributed by atoms with van der Waals surface area (Å²) in [7, 11) is 0. The van der Waals surface area contributed by atoms with Crippen LogP contribution in [0.15, 0.2) is 11.4 Å². The van der Waals surface area contributed by atoms with Crippen LogP contribution in [-0.2, 0) is 4.79 Å². The zero-order chi connectivity index (χ0) is 14.5. The number of thiophene rings is 1. The van der Waals surface area contributed by atoms with Gasteiger partial charge in [0.2, 0.25) is 5.91 Å². The molecule has 0 atom stereocenters. The molecule has 2 aromatic rings. The lowest BCUT2D eigenvalue weighted by Crippen LogP contribution is -2.26. The average molecular weight is 309 g/mol. The molecule has 0 spiro atoms. The number of rotatable bonds is 6. The second kappa shape index (κ2) is 7.04. The standard InChI is InChI=1S/C14H19N3OS2/c1-4-5-6-15-11(18)7-19-13-12-9(2)10(3)20-14(12)17-8-16-13/h8H,4-7H2,1-3H3,(H,15,18). The number of thioether (sulfide) groups is 1. The van der Waals surface area contributed by atoms with Crippen molar-refractivity contribution in [1.29, 1.82) is 0 Å². The summed E-state index contributed by atoms with van der Waals surface area (Å²) < 4.78 is 0. The SMILES string of the molecule is CCCCNC(=O)CSc1ncnc2sc(C)c(C)c12. The number of hydrogen-bond donors (Lipinski definition) is 1. The molecule has 6 heteroatoms. The third-order valence-corrected chi connectivity index (χ3v) is 5.23. The molecule has 1 amide bonds. The molecule has 0 bridgehead atoms. The molecule has 0 fully saturated rings. The van der Waals surface area contributed by atoms with Crippen LogP contribution in [0.5, 0.6) is 0 Å². The van der Waals surface area contributed by atoms with Crippen LogP contribution >= 0.6 is 23.1 Å². The van der Waals surface area contributed by atoms with E-state index in [4.69, 9.17) is 0 Å². The average Bonchev–Trinajstić information content (AvgIpc) is 2.73. The van der Waals surface area contributed by atoms with Gasteiger partial charge in [0.05, 0.1) is 5.75 Å². The second-order valence-corrected chi connectivity index (χ2v) is 6.80. The van der Waals surface area contributed by atoms with E-state index in [-0.39, 0.29) is 5.91 Å². The minimum absolute atomic E-state index is 0.0693. The van der Waals surface area contributed by atoms with Crippen molar-refractivity contribution in [2.45, 2.75) is 38.6 Å². The van der Waals surface area contributed by atoms with Gasteiger partial charge in [0.15, 0.2) is 0 Å². The highest BCUT2D eigenvalue weighted by atomic mass is 32.2. The Morgan fingerprint density at radius 2 is 2.20 bits per heavy atom. The Morgan fingerprint density at radius 3 is 2.95 bits per heavy atom. The number of amides is 1. The van der Waals surface area contributed by atoms with E-state index < -0.39 is 0 Å². The Bertz CT molecular complexity index is 610. The van der Waals surface area contributed by atoms with Crippen molar-refractivity contribution < 1.29 is 4.79 Å². The maximum Gasteiger partial charge on any atom is 0.230 e. The first-order valence-corrected chi connectivity index (χ1v) is 8.54. The molecule has 1 N–H and O–H groups in total. The van der Waals surface area contributed by atoms with Crippen LogP contribution in [-0.4, -0.2) is 28.2 Å². The van der Waals surface area contributed by atoms with E-state index in [0.29, 0.717) is 5.75 Å². The molecule has 4 nitrogen and oxygen atoms in total. The zero-order valence-corrected chi connectivity index (χ0v) is 13.7. The molecule has 2 heterocycles. The summed E-state index contributed by atoms with van der Waals surface area (Å²) in [6.07, 6.45) is 3.69. The van der Waals surface area contributed by atoms with E-state index in [1.54, 1.807) is 17.7 Å². The fraction of sp³-hybridized carbons (Fsp3) is 0.500. The lowest BCUT2D eigenvalue weighted by molar-refractivity contribution is -0.118. The van der Waals surface area contributed by atoms with E-state index in [9.17, 15) is 4.79 Å². The van der Waals surface area contributed by atoms with E-state index in [1.165, 1.54) is 22.2 Å². The fourth-order valence-corrected chi connectivity index (χ4v) is 3.80. The molecule has 2 aromatic heterocycles. The third kappa shape index (κ3) is 3.49. The van der Waals surface area contributed by atoms with Gasteiger partial charge < -0.3 is 5.32 Å². The Kier molecular flexibility index (Phi) is 5.37. The highest BCUT2D eigenvalue weighted by Gasteiger charge is 2.13. The number of carbonyl (C=O) groups excluding carboxylic acids is 1. The molecular weight excluding hydrogens is 290 g/mol. The van der Waals surface area contributed by atoms with Gasteiger partial charge in [0, 0.05) is 16.8 Å². The molecule has 0 aromatic carbocycles. The number of nitrogens with one attached hydrogen (secondary N) is 1. The van der Waals surface area contributed by atoms with Crippen molar-refractivity contribution in [2.75, 3.05) is 12.3 Å². The summed E-state index contributed by atoms with van der Waals surface area (Å²) >= 11 is 3.17. The van der Waals surface area contributed by atoms with Gasteiger partial charge in [-0.3, -0.25) is 4.79 Å². The largest absolute Gasteiger partial charge is 0.355 e. The molecule has 108 valence electrons. The number of carbonyl (C=O) groups is 1. The summed E-state index contributed by atoms with van der Waals surface area (Å²) in [4.78, 5) is 22.6. The Labute approximate surface area is 127 Å². The first-order valence-electron chi connectivity index (χ1n) is 6.73. The second-order valence-electron chi connectivity index (χ2n) is 4.63. The number of fused-ring (bicyclic) bond motifs is 1. The van der Waals surface area contributed by atoms with Crippen LogP contribution in [0.3, 0.4) is 0 Å². The van der Waals surface area contributed by atoms with E-state index in [1.807, 2.05) is 0 Å². The first kappa shape index (κ1) is 15.3. The first-order chi connectivity index (χ1) is 9.63. The van der Waals surface area contributed by atoms with Crippen molar-refractivity contribution in [3.63, 3.8) is 0 Å². The van der Waals surface area contributed by atoms with E-state index in [0.717, 1.165) is 34.6 Å². The van der Waals surface area contributed by atoms with Gasteiger partial charge in [-0.2, -0.15) is 0 Å². The van der Waals surface area contributed by atoms with E-state index in [2.05, 4.69) is 36.1 Å². The molecule has 0 unspecified atom stereocenters. The van der Waals surface area contributed by atoms with Gasteiger partial charge in [-0.15, -0.1) is 11.3 Å². The molecular formula is C14H19N3OS2. The predicted molar refractivity (Wildman–Crippen MR) is 85.5 cm³/mol. The summed E-state index contributed by atoms with van der Waals surface area (Å²) in [5.41, 5.74) is 1.22. The summed E-state index contributed by atoms with van der Waals surface area (Å²) in [6.45, 7) is 7.04. The van der Waals surface area contributed by atoms with Crippen molar-refractivity contribution in [1.82, 2.24) is 15.3 Å². The van der Waals surface area contributed by atoms with Crippen LogP contribution < -0.4 is 5.32 Å². The summed E-state index contributed by atoms with van der Waals surface area (Å²) in [6, 6.07) is 0. The van der Waals surface area contributed by atoms with Crippen LogP contribution in [0.1, 0.15) is 30.2 Å². The zero-order valence-electron chi connectivity index (χ0n) is 12.0. The number of unbranched alkanes of at least 4 members (excludes halogenated alkanes) is 1. The van der Waals surface area contributed by atoms with Gasteiger partial charge in [-0.25, -0.2) is 9.97 Å². The third-order valence-electron chi connectivity index (χ3n) is 3.12. The Balaban J connectivity index is 2.05. The maximum atomic E-state index is 11.7. The van der Waals surface area contributed by atoms with Gasteiger partial charge in [0.25, 0.3) is 0 Å². The summed E-state index contributed by atoms with van der Waals surface area (Å²) in [5.74, 6) is 0.476.